The number of hydrogen-bond acceptors (Lipinski definition) is 9. The third kappa shape index (κ3) is 39.8. The van der Waals surface area contributed by atoms with Crippen LogP contribution < -0.4 is 5.32 Å². The molecule has 0 aromatic carbocycles. The summed E-state index contributed by atoms with van der Waals surface area (Å²) in [5.41, 5.74) is 0. The van der Waals surface area contributed by atoms with Crippen molar-refractivity contribution in [1.29, 1.82) is 0 Å². The van der Waals surface area contributed by atoms with Gasteiger partial charge in [-0.05, 0) is 64.2 Å². The summed E-state index contributed by atoms with van der Waals surface area (Å²) in [6, 6.07) is -0.746. The number of aliphatic hydroxyl groups excluding tert-OH is 2. The summed E-state index contributed by atoms with van der Waals surface area (Å²) in [5, 5.41) is 21.1. The summed E-state index contributed by atoms with van der Waals surface area (Å²) >= 11 is 0. The van der Waals surface area contributed by atoms with Crippen LogP contribution in [0.3, 0.4) is 0 Å². The molecule has 0 atom stereocenters. The molecule has 56 heavy (non-hydrogen) atoms. The number of ether oxygens (including phenoxy) is 3. The lowest BCUT2D eigenvalue weighted by Gasteiger charge is -2.21. The van der Waals surface area contributed by atoms with Crippen molar-refractivity contribution >= 4 is 18.0 Å². The Morgan fingerprint density at radius 2 is 0.857 bits per heavy atom. The van der Waals surface area contributed by atoms with Gasteiger partial charge in [-0.15, -0.1) is 0 Å². The van der Waals surface area contributed by atoms with Crippen molar-refractivity contribution in [2.24, 2.45) is 0 Å². The molecule has 0 bridgehead atoms. The van der Waals surface area contributed by atoms with Crippen LogP contribution in [-0.2, 0) is 23.8 Å². The Hall–Kier alpha value is -2.43. The zero-order valence-corrected chi connectivity index (χ0v) is 36.1. The van der Waals surface area contributed by atoms with Gasteiger partial charge in [0.1, 0.15) is 25.9 Å². The van der Waals surface area contributed by atoms with E-state index in [0.717, 1.165) is 77.0 Å². The van der Waals surface area contributed by atoms with Crippen molar-refractivity contribution in [2.75, 3.05) is 52.7 Å². The van der Waals surface area contributed by atoms with Gasteiger partial charge in [0.25, 0.3) is 0 Å². The fourth-order valence-corrected chi connectivity index (χ4v) is 6.44. The van der Waals surface area contributed by atoms with Crippen molar-refractivity contribution in [1.82, 2.24) is 10.2 Å². The number of carbonyl (C=O) groups excluding carboxylic acids is 3. The normalized spacial score (nSPS) is 11.7. The maximum absolute atomic E-state index is 12.6. The molecule has 10 heteroatoms. The van der Waals surface area contributed by atoms with E-state index < -0.39 is 12.1 Å². The van der Waals surface area contributed by atoms with E-state index in [2.05, 4.69) is 43.5 Å². The largest absolute Gasteiger partial charge is 0.463 e. The summed E-state index contributed by atoms with van der Waals surface area (Å²) in [6.07, 6.45) is 39.9. The predicted molar refractivity (Wildman–Crippen MR) is 230 cm³/mol. The van der Waals surface area contributed by atoms with Crippen LogP contribution in [0.4, 0.5) is 4.79 Å². The molecular formula is C46H86N2O8. The highest BCUT2D eigenvalue weighted by atomic mass is 16.6. The zero-order chi connectivity index (χ0) is 41.0. The van der Waals surface area contributed by atoms with Gasteiger partial charge in [0.2, 0.25) is 0 Å². The van der Waals surface area contributed by atoms with Crippen molar-refractivity contribution in [2.45, 2.75) is 200 Å². The van der Waals surface area contributed by atoms with Crippen molar-refractivity contribution in [3.8, 4) is 0 Å². The molecule has 0 aliphatic rings. The van der Waals surface area contributed by atoms with Crippen LogP contribution >= 0.6 is 0 Å². The first-order chi connectivity index (χ1) is 27.5. The molecule has 0 heterocycles. The van der Waals surface area contributed by atoms with E-state index >= 15 is 0 Å². The second-order valence-corrected chi connectivity index (χ2v) is 15.3. The van der Waals surface area contributed by atoms with Gasteiger partial charge in [0, 0.05) is 32.5 Å². The number of aliphatic hydroxyl groups is 2. The van der Waals surface area contributed by atoms with Crippen molar-refractivity contribution < 1.29 is 38.8 Å². The molecule has 0 unspecified atom stereocenters. The van der Waals surface area contributed by atoms with E-state index in [-0.39, 0.29) is 45.0 Å². The van der Waals surface area contributed by atoms with E-state index in [1.54, 1.807) is 4.90 Å². The van der Waals surface area contributed by atoms with E-state index in [4.69, 9.17) is 14.2 Å². The minimum atomic E-state index is -0.746. The minimum Gasteiger partial charge on any atom is -0.463 e. The molecule has 1 amide bonds. The number of nitrogens with zero attached hydrogens (tertiary/aromatic N) is 1. The third-order valence-electron chi connectivity index (χ3n) is 9.97. The molecule has 0 saturated heterocycles. The molecular weight excluding hydrogens is 709 g/mol. The third-order valence-corrected chi connectivity index (χ3v) is 9.97. The molecule has 0 rings (SSSR count). The Kier molecular flexibility index (Phi) is 41.8. The summed E-state index contributed by atoms with van der Waals surface area (Å²) in [6.45, 7) is 5.21. The molecule has 0 aliphatic carbocycles. The molecule has 10 nitrogen and oxygen atoms in total. The van der Waals surface area contributed by atoms with Gasteiger partial charge in [-0.3, -0.25) is 14.5 Å². The summed E-state index contributed by atoms with van der Waals surface area (Å²) in [7, 11) is 0. The van der Waals surface area contributed by atoms with Crippen LogP contribution in [0.1, 0.15) is 194 Å². The van der Waals surface area contributed by atoms with Crippen LogP contribution in [0.5, 0.6) is 0 Å². The number of alkyl carbamates (subject to hydrolysis) is 1. The fraction of sp³-hybridized carbons (Fsp3) is 0.848. The molecule has 0 saturated carbocycles. The number of rotatable bonds is 42. The number of amides is 1. The molecule has 0 aromatic rings. The molecule has 0 aromatic heterocycles. The lowest BCUT2D eigenvalue weighted by molar-refractivity contribution is -0.147. The van der Waals surface area contributed by atoms with Crippen LogP contribution in [0.15, 0.2) is 24.3 Å². The molecule has 0 aliphatic heterocycles. The van der Waals surface area contributed by atoms with Gasteiger partial charge < -0.3 is 29.7 Å². The SMILES string of the molecule is CCCCCCCC/C=C\CCCCCCCC(=O)OCC(COC(=O)CCCCCCC/C=C\CCCCCCCC)NC(=O)OCCN(CCO)CCO. The lowest BCUT2D eigenvalue weighted by atomic mass is 10.1. The monoisotopic (exact) mass is 795 g/mol. The Morgan fingerprint density at radius 1 is 0.500 bits per heavy atom. The number of unbranched alkanes of at least 4 members (excludes halogenated alkanes) is 22. The van der Waals surface area contributed by atoms with Crippen molar-refractivity contribution in [3.05, 3.63) is 24.3 Å². The van der Waals surface area contributed by atoms with Crippen LogP contribution in [-0.4, -0.2) is 91.9 Å². The Labute approximate surface area is 343 Å². The van der Waals surface area contributed by atoms with Gasteiger partial charge in [-0.25, -0.2) is 4.79 Å². The average Bonchev–Trinajstić information content (AvgIpc) is 3.19. The molecule has 328 valence electrons. The minimum absolute atomic E-state index is 0.0447. The van der Waals surface area contributed by atoms with E-state index in [0.29, 0.717) is 32.5 Å². The summed E-state index contributed by atoms with van der Waals surface area (Å²) in [5.74, 6) is -0.683. The highest BCUT2D eigenvalue weighted by Crippen LogP contribution is 2.12. The smallest absolute Gasteiger partial charge is 0.407 e. The van der Waals surface area contributed by atoms with Gasteiger partial charge >= 0.3 is 18.0 Å². The van der Waals surface area contributed by atoms with E-state index in [1.165, 1.54) is 89.9 Å². The average molecular weight is 795 g/mol. The number of nitrogens with one attached hydrogen (secondary N) is 1. The van der Waals surface area contributed by atoms with E-state index in [9.17, 15) is 24.6 Å². The highest BCUT2D eigenvalue weighted by Gasteiger charge is 2.19. The summed E-state index contributed by atoms with van der Waals surface area (Å²) < 4.78 is 16.2. The second kappa shape index (κ2) is 43.7. The van der Waals surface area contributed by atoms with Crippen LogP contribution in [0.25, 0.3) is 0 Å². The standard InChI is InChI=1S/C46H86N2O8/c1-3-5-7-9-11-13-15-17-19-21-23-25-27-29-31-33-44(51)55-41-43(47-46(53)54-40-37-48(35-38-49)36-39-50)42-56-45(52)34-32-30-28-26-24-22-20-18-16-14-12-10-8-6-4-2/h17-20,43,49-50H,3-16,21-42H2,1-2H3,(H,47,53)/b19-17-,20-18-. The van der Waals surface area contributed by atoms with Gasteiger partial charge in [0.15, 0.2) is 0 Å². The Morgan fingerprint density at radius 3 is 1.23 bits per heavy atom. The second-order valence-electron chi connectivity index (χ2n) is 15.3. The number of allylic oxidation sites excluding steroid dienone is 4. The van der Waals surface area contributed by atoms with Crippen LogP contribution in [0, 0.1) is 0 Å². The first-order valence-electron chi connectivity index (χ1n) is 22.9. The lowest BCUT2D eigenvalue weighted by Crippen LogP contribution is -2.43. The number of carbonyl (C=O) groups is 3. The van der Waals surface area contributed by atoms with Crippen LogP contribution in [0.2, 0.25) is 0 Å². The maximum atomic E-state index is 12.6. The highest BCUT2D eigenvalue weighted by molar-refractivity contribution is 5.70. The molecule has 0 spiro atoms. The first kappa shape index (κ1) is 53.6. The zero-order valence-electron chi connectivity index (χ0n) is 36.1. The van der Waals surface area contributed by atoms with Crippen molar-refractivity contribution in [3.63, 3.8) is 0 Å². The fourth-order valence-electron chi connectivity index (χ4n) is 6.44. The summed E-state index contributed by atoms with van der Waals surface area (Å²) in [4.78, 5) is 39.4. The first-order valence-corrected chi connectivity index (χ1v) is 22.9. The van der Waals surface area contributed by atoms with E-state index in [1.807, 2.05) is 0 Å². The molecule has 0 fully saturated rings. The van der Waals surface area contributed by atoms with Gasteiger partial charge in [-0.1, -0.05) is 141 Å². The quantitative estimate of drug-likeness (QED) is 0.0239. The Bertz CT molecular complexity index is 882. The number of esters is 2. The Balaban J connectivity index is 4.38. The van der Waals surface area contributed by atoms with Gasteiger partial charge in [0.05, 0.1) is 13.2 Å². The molecule has 0 radical (unpaired) electrons. The molecule has 3 N–H and O–H groups in total. The maximum Gasteiger partial charge on any atom is 0.407 e. The van der Waals surface area contributed by atoms with Gasteiger partial charge in [-0.2, -0.15) is 0 Å². The predicted octanol–water partition coefficient (Wildman–Crippen LogP) is 10.5. The topological polar surface area (TPSA) is 135 Å². The number of hydrogen-bond donors (Lipinski definition) is 3.